The molecule has 0 fully saturated rings. The maximum Gasteiger partial charge on any atom is 0.131 e. The first-order valence-electron chi connectivity index (χ1n) is 5.16. The van der Waals surface area contributed by atoms with Gasteiger partial charge in [0, 0.05) is 12.1 Å². The van der Waals surface area contributed by atoms with Gasteiger partial charge in [0.25, 0.3) is 0 Å². The zero-order valence-electron chi connectivity index (χ0n) is 9.51. The number of benzene rings is 1. The van der Waals surface area contributed by atoms with Crippen LogP contribution < -0.4 is 10.5 Å². The Labute approximate surface area is 90.2 Å². The maximum atomic E-state index is 13.4. The Hall–Kier alpha value is -1.09. The lowest BCUT2D eigenvalue weighted by Crippen LogP contribution is -2.27. The van der Waals surface area contributed by atoms with Crippen LogP contribution in [0.15, 0.2) is 18.2 Å². The van der Waals surface area contributed by atoms with Gasteiger partial charge in [-0.2, -0.15) is 0 Å². The minimum Gasteiger partial charge on any atom is -0.487 e. The van der Waals surface area contributed by atoms with E-state index in [4.69, 9.17) is 10.5 Å². The molecule has 0 atom stereocenters. The molecule has 0 heterocycles. The second kappa shape index (κ2) is 4.62. The third-order valence-corrected chi connectivity index (χ3v) is 2.52. The summed E-state index contributed by atoms with van der Waals surface area (Å²) in [4.78, 5) is 0. The molecule has 0 aliphatic rings. The normalized spacial score (nSPS) is 11.5. The molecule has 0 saturated heterocycles. The summed E-state index contributed by atoms with van der Waals surface area (Å²) in [5.41, 5.74) is 5.64. The monoisotopic (exact) mass is 211 g/mol. The van der Waals surface area contributed by atoms with Gasteiger partial charge in [0.15, 0.2) is 0 Å². The van der Waals surface area contributed by atoms with Crippen LogP contribution in [0.25, 0.3) is 0 Å². The van der Waals surface area contributed by atoms with Crippen LogP contribution in [0.1, 0.15) is 32.8 Å². The van der Waals surface area contributed by atoms with E-state index in [1.54, 1.807) is 12.1 Å². The van der Waals surface area contributed by atoms with Crippen molar-refractivity contribution in [2.24, 2.45) is 5.73 Å². The van der Waals surface area contributed by atoms with Crippen molar-refractivity contribution in [1.29, 1.82) is 0 Å². The van der Waals surface area contributed by atoms with Crippen LogP contribution in [0.3, 0.4) is 0 Å². The first-order valence-corrected chi connectivity index (χ1v) is 5.16. The fourth-order valence-corrected chi connectivity index (χ4v) is 1.20. The van der Waals surface area contributed by atoms with Crippen LogP contribution in [0, 0.1) is 5.82 Å². The fourth-order valence-electron chi connectivity index (χ4n) is 1.20. The average molecular weight is 211 g/mol. The van der Waals surface area contributed by atoms with Gasteiger partial charge in [-0.15, -0.1) is 0 Å². The minimum absolute atomic E-state index is 0.155. The van der Waals surface area contributed by atoms with Crippen molar-refractivity contribution in [2.75, 3.05) is 0 Å². The summed E-state index contributed by atoms with van der Waals surface area (Å²) >= 11 is 0. The Bertz CT molecular complexity index is 336. The van der Waals surface area contributed by atoms with Crippen molar-refractivity contribution < 1.29 is 9.13 Å². The summed E-state index contributed by atoms with van der Waals surface area (Å²) in [6.45, 7) is 6.12. The summed E-state index contributed by atoms with van der Waals surface area (Å²) < 4.78 is 19.1. The second-order valence-corrected chi connectivity index (χ2v) is 4.14. The number of hydrogen-bond donors (Lipinski definition) is 1. The van der Waals surface area contributed by atoms with E-state index >= 15 is 0 Å². The minimum atomic E-state index is -0.304. The molecule has 1 aromatic rings. The Morgan fingerprint density at radius 2 is 2.07 bits per heavy atom. The number of rotatable bonds is 4. The summed E-state index contributed by atoms with van der Waals surface area (Å²) in [6, 6.07) is 4.78. The van der Waals surface area contributed by atoms with Crippen molar-refractivity contribution in [1.82, 2.24) is 0 Å². The van der Waals surface area contributed by atoms with Gasteiger partial charge in [-0.3, -0.25) is 0 Å². The van der Waals surface area contributed by atoms with Crippen LogP contribution >= 0.6 is 0 Å². The predicted molar refractivity (Wildman–Crippen MR) is 59.3 cm³/mol. The Morgan fingerprint density at radius 1 is 1.40 bits per heavy atom. The lowest BCUT2D eigenvalue weighted by Gasteiger charge is -2.26. The van der Waals surface area contributed by atoms with Gasteiger partial charge >= 0.3 is 0 Å². The largest absolute Gasteiger partial charge is 0.487 e. The molecule has 0 aliphatic heterocycles. The van der Waals surface area contributed by atoms with Crippen molar-refractivity contribution >= 4 is 0 Å². The summed E-state index contributed by atoms with van der Waals surface area (Å²) in [5, 5.41) is 0. The molecule has 2 N–H and O–H groups in total. The average Bonchev–Trinajstić information content (AvgIpc) is 2.18. The molecular weight excluding hydrogens is 193 g/mol. The standard InChI is InChI=1S/C12H18FNO/c1-4-12(2,3)15-11-7-5-6-10(13)9(11)8-14/h5-7H,4,8,14H2,1-3H3. The molecule has 0 bridgehead atoms. The van der Waals surface area contributed by atoms with E-state index in [0.717, 1.165) is 6.42 Å². The van der Waals surface area contributed by atoms with E-state index in [9.17, 15) is 4.39 Å². The van der Waals surface area contributed by atoms with E-state index in [1.165, 1.54) is 6.07 Å². The van der Waals surface area contributed by atoms with Crippen LogP contribution in [0.2, 0.25) is 0 Å². The number of hydrogen-bond acceptors (Lipinski definition) is 2. The summed E-state index contributed by atoms with van der Waals surface area (Å²) in [5.74, 6) is 0.242. The SMILES string of the molecule is CCC(C)(C)Oc1cccc(F)c1CN. The van der Waals surface area contributed by atoms with Gasteiger partial charge in [0.2, 0.25) is 0 Å². The van der Waals surface area contributed by atoms with Crippen LogP contribution in [0.5, 0.6) is 5.75 Å². The zero-order valence-corrected chi connectivity index (χ0v) is 9.51. The second-order valence-electron chi connectivity index (χ2n) is 4.14. The highest BCUT2D eigenvalue weighted by Gasteiger charge is 2.19. The molecule has 0 radical (unpaired) electrons. The number of halogens is 1. The Kier molecular flexibility index (Phi) is 3.69. The topological polar surface area (TPSA) is 35.2 Å². The zero-order chi connectivity index (χ0) is 11.5. The first-order chi connectivity index (χ1) is 7.00. The summed E-state index contributed by atoms with van der Waals surface area (Å²) in [6.07, 6.45) is 0.855. The van der Waals surface area contributed by atoms with E-state index in [-0.39, 0.29) is 18.0 Å². The quantitative estimate of drug-likeness (QED) is 0.831. The Morgan fingerprint density at radius 3 is 2.60 bits per heavy atom. The predicted octanol–water partition coefficient (Wildman–Crippen LogP) is 2.85. The highest BCUT2D eigenvalue weighted by atomic mass is 19.1. The van der Waals surface area contributed by atoms with Gasteiger partial charge in [0.1, 0.15) is 17.2 Å². The number of nitrogens with two attached hydrogens (primary N) is 1. The first kappa shape index (κ1) is 12.0. The van der Waals surface area contributed by atoms with Crippen molar-refractivity contribution in [3.63, 3.8) is 0 Å². The van der Waals surface area contributed by atoms with Crippen molar-refractivity contribution in [3.8, 4) is 5.75 Å². The van der Waals surface area contributed by atoms with Gasteiger partial charge in [0.05, 0.1) is 0 Å². The molecule has 2 nitrogen and oxygen atoms in total. The van der Waals surface area contributed by atoms with Gasteiger partial charge < -0.3 is 10.5 Å². The molecule has 0 unspecified atom stereocenters. The van der Waals surface area contributed by atoms with Crippen molar-refractivity contribution in [3.05, 3.63) is 29.6 Å². The molecule has 1 aromatic carbocycles. The van der Waals surface area contributed by atoms with Gasteiger partial charge in [-0.25, -0.2) is 4.39 Å². The third kappa shape index (κ3) is 2.93. The molecular formula is C12H18FNO. The molecule has 0 aliphatic carbocycles. The smallest absolute Gasteiger partial charge is 0.131 e. The van der Waals surface area contributed by atoms with E-state index in [0.29, 0.717) is 11.3 Å². The molecule has 0 aromatic heterocycles. The van der Waals surface area contributed by atoms with Crippen LogP contribution in [0.4, 0.5) is 4.39 Å². The summed E-state index contributed by atoms with van der Waals surface area (Å²) in [7, 11) is 0. The van der Waals surface area contributed by atoms with E-state index < -0.39 is 0 Å². The van der Waals surface area contributed by atoms with Gasteiger partial charge in [-0.1, -0.05) is 13.0 Å². The molecule has 0 saturated carbocycles. The van der Waals surface area contributed by atoms with E-state index in [1.807, 2.05) is 20.8 Å². The molecule has 3 heteroatoms. The highest BCUT2D eigenvalue weighted by Crippen LogP contribution is 2.26. The molecule has 15 heavy (non-hydrogen) atoms. The van der Waals surface area contributed by atoms with Gasteiger partial charge in [-0.05, 0) is 32.4 Å². The molecule has 0 amide bonds. The van der Waals surface area contributed by atoms with Crippen LogP contribution in [-0.2, 0) is 6.54 Å². The molecule has 1 rings (SSSR count). The maximum absolute atomic E-state index is 13.4. The highest BCUT2D eigenvalue weighted by molar-refractivity contribution is 5.34. The van der Waals surface area contributed by atoms with Crippen LogP contribution in [-0.4, -0.2) is 5.60 Å². The molecule has 0 spiro atoms. The Balaban J connectivity index is 2.99. The third-order valence-electron chi connectivity index (χ3n) is 2.52. The lowest BCUT2D eigenvalue weighted by atomic mass is 10.1. The van der Waals surface area contributed by atoms with Crippen molar-refractivity contribution in [2.45, 2.75) is 39.3 Å². The molecule has 84 valence electrons. The van der Waals surface area contributed by atoms with E-state index in [2.05, 4.69) is 0 Å². The lowest BCUT2D eigenvalue weighted by molar-refractivity contribution is 0.103. The fraction of sp³-hybridized carbons (Fsp3) is 0.500. The number of ether oxygens (including phenoxy) is 1.